The molecule has 0 N–H and O–H groups in total. The Hall–Kier alpha value is 0.440. The molecule has 1 rings (SSSR count). The molecular formula is C12H24BrN. The van der Waals surface area contributed by atoms with Crippen molar-refractivity contribution in [3.63, 3.8) is 0 Å². The van der Waals surface area contributed by atoms with Crippen LogP contribution in [0, 0.1) is 11.3 Å². The molecule has 2 unspecified atom stereocenters. The van der Waals surface area contributed by atoms with E-state index < -0.39 is 0 Å². The summed E-state index contributed by atoms with van der Waals surface area (Å²) in [5.74, 6) is 0.767. The van der Waals surface area contributed by atoms with Gasteiger partial charge in [0, 0.05) is 17.9 Å². The zero-order valence-corrected chi connectivity index (χ0v) is 11.6. The van der Waals surface area contributed by atoms with Gasteiger partial charge in [0.15, 0.2) is 0 Å². The highest BCUT2D eigenvalue weighted by atomic mass is 79.9. The van der Waals surface area contributed by atoms with E-state index in [2.05, 4.69) is 48.5 Å². The van der Waals surface area contributed by atoms with Crippen LogP contribution in [-0.4, -0.2) is 29.4 Å². The van der Waals surface area contributed by atoms with Crippen molar-refractivity contribution in [2.45, 2.75) is 46.6 Å². The molecule has 1 saturated heterocycles. The average Bonchev–Trinajstić information content (AvgIpc) is 2.45. The molecule has 0 amide bonds. The van der Waals surface area contributed by atoms with Crippen LogP contribution in [0.25, 0.3) is 0 Å². The van der Waals surface area contributed by atoms with Crippen molar-refractivity contribution < 1.29 is 0 Å². The third kappa shape index (κ3) is 3.23. The van der Waals surface area contributed by atoms with Gasteiger partial charge in [0.1, 0.15) is 0 Å². The van der Waals surface area contributed by atoms with Gasteiger partial charge in [0.2, 0.25) is 0 Å². The monoisotopic (exact) mass is 261 g/mol. The minimum atomic E-state index is 0.422. The van der Waals surface area contributed by atoms with Crippen LogP contribution in [0.15, 0.2) is 0 Å². The van der Waals surface area contributed by atoms with Gasteiger partial charge in [-0.2, -0.15) is 0 Å². The molecule has 0 saturated carbocycles. The maximum Gasteiger partial charge on any atom is 0.00768 e. The third-order valence-corrected chi connectivity index (χ3v) is 4.34. The number of rotatable bonds is 3. The minimum Gasteiger partial charge on any atom is -0.300 e. The Morgan fingerprint density at radius 3 is 2.43 bits per heavy atom. The summed E-state index contributed by atoms with van der Waals surface area (Å²) >= 11 is 3.65. The van der Waals surface area contributed by atoms with Crippen LogP contribution < -0.4 is 0 Å². The molecule has 0 aromatic heterocycles. The highest BCUT2D eigenvalue weighted by molar-refractivity contribution is 9.09. The second-order valence-corrected chi connectivity index (χ2v) is 6.35. The Kier molecular flexibility index (Phi) is 4.45. The van der Waals surface area contributed by atoms with Crippen molar-refractivity contribution in [3.8, 4) is 0 Å². The van der Waals surface area contributed by atoms with E-state index in [4.69, 9.17) is 0 Å². The zero-order valence-electron chi connectivity index (χ0n) is 10.0. The summed E-state index contributed by atoms with van der Waals surface area (Å²) < 4.78 is 0. The van der Waals surface area contributed by atoms with Crippen molar-refractivity contribution in [2.24, 2.45) is 11.3 Å². The van der Waals surface area contributed by atoms with Crippen LogP contribution in [0.2, 0.25) is 0 Å². The van der Waals surface area contributed by atoms with Crippen LogP contribution in [0.4, 0.5) is 0 Å². The van der Waals surface area contributed by atoms with Crippen molar-refractivity contribution in [1.29, 1.82) is 0 Å². The number of halogens is 1. The van der Waals surface area contributed by atoms with Gasteiger partial charge in [0.25, 0.3) is 0 Å². The predicted molar refractivity (Wildman–Crippen MR) is 67.0 cm³/mol. The van der Waals surface area contributed by atoms with Crippen molar-refractivity contribution >= 4 is 15.9 Å². The van der Waals surface area contributed by atoms with E-state index in [0.717, 1.165) is 17.3 Å². The molecule has 0 aromatic rings. The largest absolute Gasteiger partial charge is 0.300 e. The van der Waals surface area contributed by atoms with Gasteiger partial charge in [-0.3, -0.25) is 0 Å². The average molecular weight is 262 g/mol. The van der Waals surface area contributed by atoms with Crippen molar-refractivity contribution in [1.82, 2.24) is 4.90 Å². The van der Waals surface area contributed by atoms with E-state index in [0.29, 0.717) is 5.41 Å². The first-order valence-electron chi connectivity index (χ1n) is 5.75. The van der Waals surface area contributed by atoms with E-state index in [1.54, 1.807) is 0 Å². The predicted octanol–water partition coefficient (Wildman–Crippen LogP) is 3.53. The fraction of sp³-hybridized carbons (Fsp3) is 1.00. The summed E-state index contributed by atoms with van der Waals surface area (Å²) in [4.78, 5) is 2.65. The summed E-state index contributed by atoms with van der Waals surface area (Å²) in [6.07, 6.45) is 2.78. The van der Waals surface area contributed by atoms with E-state index >= 15 is 0 Å². The standard InChI is InChI=1S/C12H24BrN/c1-10-6-5-7-14(10)9-11(8-13)12(2,3)4/h10-11H,5-9H2,1-4H3. The minimum absolute atomic E-state index is 0.422. The molecule has 2 atom stereocenters. The molecular weight excluding hydrogens is 238 g/mol. The Bertz CT molecular complexity index is 174. The number of alkyl halides is 1. The molecule has 1 heterocycles. The molecule has 1 aliphatic heterocycles. The van der Waals surface area contributed by atoms with Gasteiger partial charge in [-0.1, -0.05) is 36.7 Å². The fourth-order valence-corrected chi connectivity index (χ4v) is 3.28. The van der Waals surface area contributed by atoms with Crippen molar-refractivity contribution in [2.75, 3.05) is 18.4 Å². The highest BCUT2D eigenvalue weighted by Crippen LogP contribution is 2.30. The highest BCUT2D eigenvalue weighted by Gasteiger charge is 2.29. The lowest BCUT2D eigenvalue weighted by molar-refractivity contribution is 0.161. The van der Waals surface area contributed by atoms with Gasteiger partial charge in [-0.25, -0.2) is 0 Å². The first kappa shape index (κ1) is 12.5. The van der Waals surface area contributed by atoms with Crippen LogP contribution in [-0.2, 0) is 0 Å². The molecule has 1 fully saturated rings. The molecule has 2 heteroatoms. The summed E-state index contributed by atoms with van der Waals surface area (Å²) in [6, 6.07) is 0.805. The number of hydrogen-bond donors (Lipinski definition) is 0. The van der Waals surface area contributed by atoms with Crippen LogP contribution in [0.3, 0.4) is 0 Å². The zero-order chi connectivity index (χ0) is 10.8. The van der Waals surface area contributed by atoms with Crippen LogP contribution in [0.1, 0.15) is 40.5 Å². The quantitative estimate of drug-likeness (QED) is 0.703. The number of likely N-dealkylation sites (tertiary alicyclic amines) is 1. The Morgan fingerprint density at radius 1 is 1.43 bits per heavy atom. The lowest BCUT2D eigenvalue weighted by atomic mass is 9.81. The van der Waals surface area contributed by atoms with Crippen LogP contribution in [0.5, 0.6) is 0 Å². The van der Waals surface area contributed by atoms with E-state index in [-0.39, 0.29) is 0 Å². The molecule has 0 spiro atoms. The maximum atomic E-state index is 3.65. The van der Waals surface area contributed by atoms with Gasteiger partial charge in [-0.15, -0.1) is 0 Å². The number of nitrogens with zero attached hydrogens (tertiary/aromatic N) is 1. The fourth-order valence-electron chi connectivity index (χ4n) is 2.10. The SMILES string of the molecule is CC1CCCN1CC(CBr)C(C)(C)C. The summed E-state index contributed by atoms with van der Waals surface area (Å²) in [5, 5.41) is 1.12. The molecule has 0 radical (unpaired) electrons. The molecule has 0 aromatic carbocycles. The lowest BCUT2D eigenvalue weighted by Gasteiger charge is -2.34. The first-order chi connectivity index (χ1) is 6.45. The van der Waals surface area contributed by atoms with E-state index in [1.165, 1.54) is 25.9 Å². The number of hydrogen-bond acceptors (Lipinski definition) is 1. The molecule has 0 aliphatic carbocycles. The summed E-state index contributed by atoms with van der Waals surface area (Å²) in [7, 11) is 0. The smallest absolute Gasteiger partial charge is 0.00768 e. The third-order valence-electron chi connectivity index (χ3n) is 3.56. The van der Waals surface area contributed by atoms with Gasteiger partial charge in [-0.05, 0) is 37.6 Å². The second-order valence-electron chi connectivity index (χ2n) is 5.70. The van der Waals surface area contributed by atoms with Gasteiger partial charge >= 0.3 is 0 Å². The van der Waals surface area contributed by atoms with E-state index in [1.807, 2.05) is 0 Å². The van der Waals surface area contributed by atoms with Gasteiger partial charge in [0.05, 0.1) is 0 Å². The Balaban J connectivity index is 2.48. The topological polar surface area (TPSA) is 3.24 Å². The van der Waals surface area contributed by atoms with Crippen molar-refractivity contribution in [3.05, 3.63) is 0 Å². The molecule has 0 bridgehead atoms. The Morgan fingerprint density at radius 2 is 2.07 bits per heavy atom. The van der Waals surface area contributed by atoms with Gasteiger partial charge < -0.3 is 4.90 Å². The summed E-state index contributed by atoms with van der Waals surface area (Å²) in [6.45, 7) is 12.0. The van der Waals surface area contributed by atoms with Crippen LogP contribution >= 0.6 is 15.9 Å². The molecule has 1 nitrogen and oxygen atoms in total. The molecule has 1 aliphatic rings. The normalized spacial score (nSPS) is 26.8. The second kappa shape index (κ2) is 4.98. The summed E-state index contributed by atoms with van der Waals surface area (Å²) in [5.41, 5.74) is 0.422. The Labute approximate surface area is 97.4 Å². The molecule has 14 heavy (non-hydrogen) atoms. The maximum absolute atomic E-state index is 3.65. The first-order valence-corrected chi connectivity index (χ1v) is 6.87. The molecule has 84 valence electrons. The lowest BCUT2D eigenvalue weighted by Crippen LogP contribution is -2.38. The van der Waals surface area contributed by atoms with E-state index in [9.17, 15) is 0 Å².